The van der Waals surface area contributed by atoms with Crippen LogP contribution in [0.4, 0.5) is 0 Å². The average Bonchev–Trinajstić information content (AvgIpc) is 2.00. The number of carbonyl (C=O) groups is 2. The van der Waals surface area contributed by atoms with E-state index < -0.39 is 5.41 Å². The highest BCUT2D eigenvalue weighted by atomic mass is 16.2. The van der Waals surface area contributed by atoms with Gasteiger partial charge in [0, 0.05) is 0 Å². The minimum Gasteiger partial charge on any atom is -0.299 e. The highest BCUT2D eigenvalue weighted by Gasteiger charge is 2.37. The van der Waals surface area contributed by atoms with Gasteiger partial charge in [-0.3, -0.25) is 9.59 Å². The van der Waals surface area contributed by atoms with Crippen molar-refractivity contribution in [3.8, 4) is 0 Å². The molecule has 1 aliphatic rings. The first-order valence-corrected chi connectivity index (χ1v) is 3.90. The van der Waals surface area contributed by atoms with E-state index in [0.717, 1.165) is 0 Å². The highest BCUT2D eigenvalue weighted by Crippen LogP contribution is 2.28. The Kier molecular flexibility index (Phi) is 2.01. The Balaban J connectivity index is 3.12. The van der Waals surface area contributed by atoms with Crippen LogP contribution in [-0.4, -0.2) is 11.6 Å². The largest absolute Gasteiger partial charge is 0.299 e. The van der Waals surface area contributed by atoms with Crippen molar-refractivity contribution in [2.45, 2.75) is 20.8 Å². The van der Waals surface area contributed by atoms with Crippen LogP contribution < -0.4 is 0 Å². The van der Waals surface area contributed by atoms with Crippen LogP contribution >= 0.6 is 0 Å². The summed E-state index contributed by atoms with van der Waals surface area (Å²) in [6.45, 7) is 4.83. The molecule has 1 atom stereocenters. The van der Waals surface area contributed by atoms with Gasteiger partial charge >= 0.3 is 0 Å². The number of carbonyl (C=O) groups excluding carboxylic acids is 2. The van der Waals surface area contributed by atoms with Crippen molar-refractivity contribution in [3.63, 3.8) is 0 Å². The molecule has 0 heterocycles. The predicted octanol–water partition coefficient (Wildman–Crippen LogP) is 1.67. The second-order valence-corrected chi connectivity index (χ2v) is 3.30. The van der Waals surface area contributed by atoms with Gasteiger partial charge in [0.2, 0.25) is 0 Å². The monoisotopic (exact) mass is 164 g/mol. The van der Waals surface area contributed by atoms with Crippen LogP contribution in [0.3, 0.4) is 0 Å². The minimum absolute atomic E-state index is 0.0856. The fraction of sp³-hybridized carbons (Fsp3) is 0.400. The predicted molar refractivity (Wildman–Crippen MR) is 46.7 cm³/mol. The van der Waals surface area contributed by atoms with Crippen LogP contribution in [0.5, 0.6) is 0 Å². The molecule has 0 saturated heterocycles. The van der Waals surface area contributed by atoms with Gasteiger partial charge < -0.3 is 0 Å². The Morgan fingerprint density at radius 1 is 1.50 bits per heavy atom. The van der Waals surface area contributed by atoms with E-state index >= 15 is 0 Å². The maximum Gasteiger partial charge on any atom is 0.175 e. The van der Waals surface area contributed by atoms with Crippen molar-refractivity contribution in [1.29, 1.82) is 0 Å². The number of rotatable bonds is 1. The van der Waals surface area contributed by atoms with Gasteiger partial charge in [-0.05, 0) is 26.3 Å². The van der Waals surface area contributed by atoms with Gasteiger partial charge in [-0.15, -0.1) is 0 Å². The molecule has 0 fully saturated rings. The van der Waals surface area contributed by atoms with Crippen molar-refractivity contribution in [1.82, 2.24) is 0 Å². The molecule has 0 N–H and O–H groups in total. The number of ketones is 2. The molecule has 1 unspecified atom stereocenters. The smallest absolute Gasteiger partial charge is 0.175 e. The van der Waals surface area contributed by atoms with Crippen molar-refractivity contribution in [3.05, 3.63) is 23.8 Å². The van der Waals surface area contributed by atoms with Crippen molar-refractivity contribution >= 4 is 11.6 Å². The lowest BCUT2D eigenvalue weighted by molar-refractivity contribution is -0.133. The number of Topliss-reactive ketones (excluding diaryl/α,β-unsaturated/α-hetero) is 2. The molecular weight excluding hydrogens is 152 g/mol. The first-order chi connectivity index (χ1) is 5.48. The lowest BCUT2D eigenvalue weighted by Crippen LogP contribution is -2.34. The van der Waals surface area contributed by atoms with Gasteiger partial charge in [-0.25, -0.2) is 0 Å². The second kappa shape index (κ2) is 2.70. The summed E-state index contributed by atoms with van der Waals surface area (Å²) in [5, 5.41) is 0. The first kappa shape index (κ1) is 8.91. The van der Waals surface area contributed by atoms with Gasteiger partial charge in [0.1, 0.15) is 11.2 Å². The quantitative estimate of drug-likeness (QED) is 0.552. The van der Waals surface area contributed by atoms with Crippen molar-refractivity contribution in [2.24, 2.45) is 5.41 Å². The van der Waals surface area contributed by atoms with Gasteiger partial charge in [-0.2, -0.15) is 0 Å². The average molecular weight is 164 g/mol. The summed E-state index contributed by atoms with van der Waals surface area (Å²) >= 11 is 0. The Bertz CT molecular complexity index is 297. The fourth-order valence-electron chi connectivity index (χ4n) is 1.22. The third-order valence-corrected chi connectivity index (χ3v) is 2.34. The minimum atomic E-state index is -0.918. The molecule has 0 amide bonds. The Morgan fingerprint density at radius 2 is 2.08 bits per heavy atom. The molecule has 0 aromatic rings. The van der Waals surface area contributed by atoms with Crippen LogP contribution in [0.15, 0.2) is 23.8 Å². The zero-order valence-electron chi connectivity index (χ0n) is 7.55. The Hall–Kier alpha value is -1.18. The molecular formula is C10H12O2. The van der Waals surface area contributed by atoms with Crippen LogP contribution in [0.25, 0.3) is 0 Å². The number of hydrogen-bond acceptors (Lipinski definition) is 2. The van der Waals surface area contributed by atoms with E-state index in [1.54, 1.807) is 32.1 Å². The van der Waals surface area contributed by atoms with Crippen LogP contribution in [-0.2, 0) is 9.59 Å². The summed E-state index contributed by atoms with van der Waals surface area (Å²) < 4.78 is 0. The Labute approximate surface area is 72.0 Å². The number of allylic oxidation sites excluding steroid dienone is 4. The summed E-state index contributed by atoms with van der Waals surface area (Å²) in [7, 11) is 0. The van der Waals surface area contributed by atoms with E-state index in [4.69, 9.17) is 0 Å². The molecule has 2 nitrogen and oxygen atoms in total. The van der Waals surface area contributed by atoms with Gasteiger partial charge in [0.15, 0.2) is 5.78 Å². The van der Waals surface area contributed by atoms with E-state index in [9.17, 15) is 9.59 Å². The molecule has 0 saturated carbocycles. The third kappa shape index (κ3) is 1.13. The number of hydrogen-bond donors (Lipinski definition) is 0. The summed E-state index contributed by atoms with van der Waals surface area (Å²) in [6, 6.07) is 0. The molecule has 0 aromatic carbocycles. The maximum atomic E-state index is 11.5. The molecule has 1 rings (SSSR count). The van der Waals surface area contributed by atoms with E-state index in [2.05, 4.69) is 0 Å². The lowest BCUT2D eigenvalue weighted by Gasteiger charge is -2.23. The van der Waals surface area contributed by atoms with Crippen molar-refractivity contribution in [2.75, 3.05) is 0 Å². The molecule has 0 radical (unpaired) electrons. The van der Waals surface area contributed by atoms with E-state index in [1.807, 2.05) is 0 Å². The molecule has 0 spiro atoms. The summed E-state index contributed by atoms with van der Waals surface area (Å²) in [6.07, 6.45) is 5.15. The maximum absolute atomic E-state index is 11.5. The lowest BCUT2D eigenvalue weighted by atomic mass is 9.76. The van der Waals surface area contributed by atoms with Crippen LogP contribution in [0.2, 0.25) is 0 Å². The zero-order chi connectivity index (χ0) is 9.35. The van der Waals surface area contributed by atoms with Crippen molar-refractivity contribution < 1.29 is 9.59 Å². The molecule has 64 valence electrons. The van der Waals surface area contributed by atoms with Gasteiger partial charge in [0.05, 0.1) is 0 Å². The normalized spacial score (nSPS) is 28.6. The molecule has 2 heteroatoms. The van der Waals surface area contributed by atoms with Crippen LogP contribution in [0, 0.1) is 5.41 Å². The highest BCUT2D eigenvalue weighted by molar-refractivity contribution is 6.15. The third-order valence-electron chi connectivity index (χ3n) is 2.34. The summed E-state index contributed by atoms with van der Waals surface area (Å²) in [5.41, 5.74) is -0.269. The molecule has 1 aliphatic carbocycles. The second-order valence-electron chi connectivity index (χ2n) is 3.30. The summed E-state index contributed by atoms with van der Waals surface area (Å²) in [5.74, 6) is -0.186. The SMILES string of the molecule is CC(=O)C1(C)C=CC=C(C)C1=O. The topological polar surface area (TPSA) is 34.1 Å². The van der Waals surface area contributed by atoms with Gasteiger partial charge in [0.25, 0.3) is 0 Å². The first-order valence-electron chi connectivity index (χ1n) is 3.90. The van der Waals surface area contributed by atoms with Crippen LogP contribution in [0.1, 0.15) is 20.8 Å². The zero-order valence-corrected chi connectivity index (χ0v) is 7.55. The van der Waals surface area contributed by atoms with E-state index in [-0.39, 0.29) is 11.6 Å². The van der Waals surface area contributed by atoms with E-state index in [0.29, 0.717) is 5.57 Å². The standard InChI is InChI=1S/C10H12O2/c1-7-5-4-6-10(3,8(2)11)9(7)12/h4-6H,1-3H3. The summed E-state index contributed by atoms with van der Waals surface area (Å²) in [4.78, 5) is 22.7. The molecule has 0 bridgehead atoms. The molecule has 0 aliphatic heterocycles. The van der Waals surface area contributed by atoms with E-state index in [1.165, 1.54) is 6.92 Å². The Morgan fingerprint density at radius 3 is 2.50 bits per heavy atom. The molecule has 12 heavy (non-hydrogen) atoms. The molecule has 0 aromatic heterocycles. The fourth-order valence-corrected chi connectivity index (χ4v) is 1.22. The van der Waals surface area contributed by atoms with Gasteiger partial charge in [-0.1, -0.05) is 18.2 Å².